The minimum Gasteiger partial charge on any atom is -0.466 e. The Labute approximate surface area is 66.0 Å². The molecule has 0 amide bonds. The smallest absolute Gasteiger partial charge is 0.306 e. The third-order valence-electron chi connectivity index (χ3n) is 1.04. The zero-order chi connectivity index (χ0) is 8.91. The van der Waals surface area contributed by atoms with E-state index in [0.29, 0.717) is 6.61 Å². The molecule has 0 saturated heterocycles. The van der Waals surface area contributed by atoms with Crippen molar-refractivity contribution in [1.29, 1.82) is 0 Å². The van der Waals surface area contributed by atoms with Crippen LogP contribution in [0.3, 0.4) is 0 Å². The van der Waals surface area contributed by atoms with Crippen LogP contribution in [0.5, 0.6) is 0 Å². The average molecular weight is 180 g/mol. The molecule has 0 heterocycles. The van der Waals surface area contributed by atoms with Crippen molar-refractivity contribution in [1.82, 2.24) is 0 Å². The van der Waals surface area contributed by atoms with Gasteiger partial charge in [0.15, 0.2) is 7.37 Å². The van der Waals surface area contributed by atoms with E-state index < -0.39 is 13.3 Å². The van der Waals surface area contributed by atoms with Crippen LogP contribution >= 0.6 is 7.37 Å². The minimum absolute atomic E-state index is 0.00579. The van der Waals surface area contributed by atoms with Gasteiger partial charge in [-0.3, -0.25) is 9.36 Å². The zero-order valence-corrected chi connectivity index (χ0v) is 7.63. The third kappa shape index (κ3) is 7.56. The van der Waals surface area contributed by atoms with Crippen LogP contribution in [-0.4, -0.2) is 30.3 Å². The Kier molecular flexibility index (Phi) is 4.38. The number of ether oxygens (including phenoxy) is 1. The molecule has 0 aliphatic carbocycles. The third-order valence-corrected chi connectivity index (χ3v) is 2.09. The fourth-order valence-electron chi connectivity index (χ4n) is 0.532. The highest BCUT2D eigenvalue weighted by Gasteiger charge is 2.12. The van der Waals surface area contributed by atoms with Gasteiger partial charge in [-0.1, -0.05) is 0 Å². The van der Waals surface area contributed by atoms with Crippen LogP contribution in [0.15, 0.2) is 0 Å². The molecule has 0 saturated carbocycles. The van der Waals surface area contributed by atoms with E-state index in [1.807, 2.05) is 0 Å². The van der Waals surface area contributed by atoms with Gasteiger partial charge in [0.05, 0.1) is 13.0 Å². The number of hydrogen-bond donors (Lipinski definition) is 1. The van der Waals surface area contributed by atoms with Gasteiger partial charge in [0.1, 0.15) is 0 Å². The van der Waals surface area contributed by atoms with Crippen molar-refractivity contribution in [2.45, 2.75) is 13.3 Å². The van der Waals surface area contributed by atoms with Crippen LogP contribution < -0.4 is 0 Å². The lowest BCUT2D eigenvalue weighted by atomic mass is 10.5. The van der Waals surface area contributed by atoms with E-state index in [-0.39, 0.29) is 12.6 Å². The largest absolute Gasteiger partial charge is 0.466 e. The Balaban J connectivity index is 3.55. The predicted octanol–water partition coefficient (Wildman–Crippen LogP) is 0.840. The van der Waals surface area contributed by atoms with Crippen molar-refractivity contribution in [3.05, 3.63) is 0 Å². The molecule has 0 fully saturated rings. The highest BCUT2D eigenvalue weighted by Crippen LogP contribution is 2.35. The molecule has 0 aliphatic heterocycles. The lowest BCUT2D eigenvalue weighted by Crippen LogP contribution is -2.05. The molecule has 1 N–H and O–H groups in total. The molecule has 1 atom stereocenters. The quantitative estimate of drug-likeness (QED) is 0.514. The number of carbonyl (C=O) groups is 1. The fourth-order valence-corrected chi connectivity index (χ4v) is 1.13. The molecule has 0 radical (unpaired) electrons. The van der Waals surface area contributed by atoms with Crippen LogP contribution in [-0.2, 0) is 14.1 Å². The van der Waals surface area contributed by atoms with Crippen molar-refractivity contribution in [2.24, 2.45) is 0 Å². The summed E-state index contributed by atoms with van der Waals surface area (Å²) in [5.41, 5.74) is 0. The summed E-state index contributed by atoms with van der Waals surface area (Å²) in [5, 5.41) is 0. The maximum atomic E-state index is 10.7. The molecule has 66 valence electrons. The molecule has 0 aromatic rings. The van der Waals surface area contributed by atoms with Crippen molar-refractivity contribution in [2.75, 3.05) is 19.4 Å². The van der Waals surface area contributed by atoms with Gasteiger partial charge in [-0.25, -0.2) is 0 Å². The fraction of sp³-hybridized carbons (Fsp3) is 0.833. The van der Waals surface area contributed by atoms with Crippen molar-refractivity contribution in [3.63, 3.8) is 0 Å². The molecule has 0 aliphatic rings. The molecule has 0 spiro atoms. The van der Waals surface area contributed by atoms with Crippen molar-refractivity contribution < 1.29 is 19.0 Å². The molecule has 0 aromatic heterocycles. The van der Waals surface area contributed by atoms with Crippen LogP contribution in [0, 0.1) is 0 Å². The standard InChI is InChI=1S/C6H13O4P/c1-3-10-6(7)4-5-11(2,8)9/h3-5H2,1-2H3,(H,8,9). The highest BCUT2D eigenvalue weighted by atomic mass is 31.2. The Morgan fingerprint density at radius 1 is 1.64 bits per heavy atom. The van der Waals surface area contributed by atoms with Gasteiger partial charge in [-0.2, -0.15) is 0 Å². The van der Waals surface area contributed by atoms with Crippen LogP contribution in [0.2, 0.25) is 0 Å². The Morgan fingerprint density at radius 3 is 2.55 bits per heavy atom. The lowest BCUT2D eigenvalue weighted by Gasteiger charge is -2.03. The molecule has 4 nitrogen and oxygen atoms in total. The SMILES string of the molecule is CCOC(=O)CCP(C)(=O)O. The highest BCUT2D eigenvalue weighted by molar-refractivity contribution is 7.57. The summed E-state index contributed by atoms with van der Waals surface area (Å²) in [7, 11) is -3.04. The van der Waals surface area contributed by atoms with Crippen LogP contribution in [0.1, 0.15) is 13.3 Å². The maximum absolute atomic E-state index is 10.7. The van der Waals surface area contributed by atoms with Gasteiger partial charge in [0, 0.05) is 12.8 Å². The Hall–Kier alpha value is -0.340. The van der Waals surface area contributed by atoms with Gasteiger partial charge in [-0.15, -0.1) is 0 Å². The monoisotopic (exact) mass is 180 g/mol. The molecule has 0 aromatic carbocycles. The number of hydrogen-bond acceptors (Lipinski definition) is 3. The van der Waals surface area contributed by atoms with E-state index >= 15 is 0 Å². The summed E-state index contributed by atoms with van der Waals surface area (Å²) < 4.78 is 15.2. The van der Waals surface area contributed by atoms with Crippen LogP contribution in [0.25, 0.3) is 0 Å². The van der Waals surface area contributed by atoms with E-state index in [9.17, 15) is 9.36 Å². The maximum Gasteiger partial charge on any atom is 0.306 e. The molecule has 0 bridgehead atoms. The summed E-state index contributed by atoms with van der Waals surface area (Å²) in [5.74, 6) is -0.413. The first-order valence-corrected chi connectivity index (χ1v) is 5.70. The van der Waals surface area contributed by atoms with E-state index in [1.54, 1.807) is 6.92 Å². The van der Waals surface area contributed by atoms with Gasteiger partial charge >= 0.3 is 5.97 Å². The van der Waals surface area contributed by atoms with E-state index in [0.717, 1.165) is 0 Å². The molecule has 0 rings (SSSR count). The van der Waals surface area contributed by atoms with Crippen LogP contribution in [0.4, 0.5) is 0 Å². The van der Waals surface area contributed by atoms with Gasteiger partial charge in [0.2, 0.25) is 0 Å². The summed E-state index contributed by atoms with van der Waals surface area (Å²) in [6.45, 7) is 3.24. The molecule has 1 unspecified atom stereocenters. The predicted molar refractivity (Wildman–Crippen MR) is 41.9 cm³/mol. The first-order valence-electron chi connectivity index (χ1n) is 3.40. The average Bonchev–Trinajstić information content (AvgIpc) is 1.83. The van der Waals surface area contributed by atoms with Gasteiger partial charge in [-0.05, 0) is 6.92 Å². The lowest BCUT2D eigenvalue weighted by molar-refractivity contribution is -0.142. The first kappa shape index (κ1) is 10.7. The van der Waals surface area contributed by atoms with Gasteiger partial charge < -0.3 is 9.63 Å². The first-order chi connectivity index (χ1) is 4.95. The molecular weight excluding hydrogens is 167 g/mol. The normalized spacial score (nSPS) is 15.5. The second-order valence-electron chi connectivity index (χ2n) is 2.33. The van der Waals surface area contributed by atoms with Gasteiger partial charge in [0.25, 0.3) is 0 Å². The Morgan fingerprint density at radius 2 is 2.18 bits per heavy atom. The second kappa shape index (κ2) is 4.52. The van der Waals surface area contributed by atoms with E-state index in [2.05, 4.69) is 4.74 Å². The molecule has 11 heavy (non-hydrogen) atoms. The van der Waals surface area contributed by atoms with Crippen molar-refractivity contribution in [3.8, 4) is 0 Å². The number of esters is 1. The summed E-state index contributed by atoms with van der Waals surface area (Å²) in [6, 6.07) is 0. The van der Waals surface area contributed by atoms with E-state index in [4.69, 9.17) is 4.89 Å². The zero-order valence-electron chi connectivity index (χ0n) is 6.74. The number of carbonyl (C=O) groups excluding carboxylic acids is 1. The summed E-state index contributed by atoms with van der Waals surface area (Å²) >= 11 is 0. The summed E-state index contributed by atoms with van der Waals surface area (Å²) in [4.78, 5) is 19.4. The Bertz CT molecular complexity index is 171. The summed E-state index contributed by atoms with van der Waals surface area (Å²) in [6.07, 6.45) is 0.0317. The second-order valence-corrected chi connectivity index (χ2v) is 4.88. The molecule has 5 heteroatoms. The molecular formula is C6H13O4P. The topological polar surface area (TPSA) is 63.6 Å². The van der Waals surface area contributed by atoms with E-state index in [1.165, 1.54) is 6.66 Å². The number of rotatable bonds is 4. The minimum atomic E-state index is -3.04. The van der Waals surface area contributed by atoms with Crippen molar-refractivity contribution >= 4 is 13.3 Å².